The van der Waals surface area contributed by atoms with Crippen LogP contribution in [0.4, 0.5) is 4.39 Å². The van der Waals surface area contributed by atoms with E-state index in [0.717, 1.165) is 11.5 Å². The minimum Gasteiger partial charge on any atom is -0.352 e. The molecule has 0 aliphatic heterocycles. The molecule has 6 heteroatoms. The number of H-pyrrole nitrogens is 1. The minimum atomic E-state index is -0.315. The zero-order valence-electron chi connectivity index (χ0n) is 13.2. The number of pyridine rings is 1. The molecule has 122 valence electrons. The van der Waals surface area contributed by atoms with Gasteiger partial charge >= 0.3 is 0 Å². The number of hydrogen-bond acceptors (Lipinski definition) is 3. The third-order valence-electron chi connectivity index (χ3n) is 3.55. The number of nitrogens with one attached hydrogen (secondary N) is 2. The highest BCUT2D eigenvalue weighted by Crippen LogP contribution is 2.17. The number of aromatic nitrogens is 3. The maximum atomic E-state index is 13.2. The van der Waals surface area contributed by atoms with Crippen LogP contribution in [0.3, 0.4) is 0 Å². The van der Waals surface area contributed by atoms with Crippen LogP contribution in [0, 0.1) is 12.7 Å². The zero-order valence-corrected chi connectivity index (χ0v) is 13.2. The minimum absolute atomic E-state index is 0.198. The van der Waals surface area contributed by atoms with Crippen LogP contribution >= 0.6 is 0 Å². The van der Waals surface area contributed by atoms with Gasteiger partial charge in [0.05, 0.1) is 11.3 Å². The summed E-state index contributed by atoms with van der Waals surface area (Å²) < 4.78 is 13.2. The van der Waals surface area contributed by atoms with E-state index in [-0.39, 0.29) is 11.7 Å². The number of aromatic amines is 1. The van der Waals surface area contributed by atoms with E-state index in [0.29, 0.717) is 29.8 Å². The summed E-state index contributed by atoms with van der Waals surface area (Å²) in [4.78, 5) is 23.6. The Balaban J connectivity index is 1.59. The summed E-state index contributed by atoms with van der Waals surface area (Å²) in [6.07, 6.45) is 3.88. The molecule has 0 aliphatic carbocycles. The number of amides is 1. The maximum Gasteiger partial charge on any atom is 0.252 e. The Hall–Kier alpha value is -3.02. The Bertz CT molecular complexity index is 842. The number of halogens is 1. The molecule has 0 aliphatic rings. The van der Waals surface area contributed by atoms with E-state index in [1.54, 1.807) is 30.5 Å². The van der Waals surface area contributed by atoms with Crippen LogP contribution in [0.25, 0.3) is 11.3 Å². The highest BCUT2D eigenvalue weighted by atomic mass is 19.1. The Morgan fingerprint density at radius 1 is 1.21 bits per heavy atom. The van der Waals surface area contributed by atoms with E-state index in [4.69, 9.17) is 0 Å². The Kier molecular flexibility index (Phi) is 4.65. The highest BCUT2D eigenvalue weighted by Gasteiger charge is 2.07. The van der Waals surface area contributed by atoms with Crippen molar-refractivity contribution in [2.75, 3.05) is 6.54 Å². The molecule has 0 unspecified atom stereocenters. The molecule has 0 radical (unpaired) electrons. The molecule has 0 bridgehead atoms. The van der Waals surface area contributed by atoms with Crippen LogP contribution < -0.4 is 5.32 Å². The van der Waals surface area contributed by atoms with E-state index in [1.165, 1.54) is 18.3 Å². The first-order valence-electron chi connectivity index (χ1n) is 7.62. The van der Waals surface area contributed by atoms with Gasteiger partial charge in [-0.1, -0.05) is 12.1 Å². The Morgan fingerprint density at radius 3 is 2.75 bits per heavy atom. The van der Waals surface area contributed by atoms with Crippen LogP contribution in [0.15, 0.2) is 48.8 Å². The molecule has 3 rings (SSSR count). The monoisotopic (exact) mass is 324 g/mol. The van der Waals surface area contributed by atoms with Crippen molar-refractivity contribution in [2.24, 2.45) is 0 Å². The second-order valence-corrected chi connectivity index (χ2v) is 5.46. The van der Waals surface area contributed by atoms with Gasteiger partial charge in [-0.3, -0.25) is 9.78 Å². The fraction of sp³-hybridized carbons (Fsp3) is 0.167. The second kappa shape index (κ2) is 7.04. The van der Waals surface area contributed by atoms with Crippen molar-refractivity contribution in [1.82, 2.24) is 20.3 Å². The van der Waals surface area contributed by atoms with Gasteiger partial charge in [0.2, 0.25) is 0 Å². The molecule has 1 aromatic carbocycles. The quantitative estimate of drug-likeness (QED) is 0.758. The van der Waals surface area contributed by atoms with Crippen molar-refractivity contribution >= 4 is 5.91 Å². The van der Waals surface area contributed by atoms with Gasteiger partial charge in [-0.25, -0.2) is 9.37 Å². The van der Waals surface area contributed by atoms with E-state index < -0.39 is 0 Å². The number of benzene rings is 1. The Labute approximate surface area is 139 Å². The molecule has 0 atom stereocenters. The number of nitrogens with zero attached hydrogens (tertiary/aromatic N) is 2. The van der Waals surface area contributed by atoms with E-state index >= 15 is 0 Å². The maximum absolute atomic E-state index is 13.2. The van der Waals surface area contributed by atoms with E-state index in [1.807, 2.05) is 6.92 Å². The predicted octanol–water partition coefficient (Wildman–Crippen LogP) is 2.89. The van der Waals surface area contributed by atoms with Crippen LogP contribution in [0.5, 0.6) is 0 Å². The lowest BCUT2D eigenvalue weighted by atomic mass is 10.1. The largest absolute Gasteiger partial charge is 0.352 e. The van der Waals surface area contributed by atoms with Crippen LogP contribution in [0.1, 0.15) is 21.9 Å². The summed E-state index contributed by atoms with van der Waals surface area (Å²) in [5, 5.41) is 2.83. The lowest BCUT2D eigenvalue weighted by Gasteiger charge is -2.05. The normalized spacial score (nSPS) is 10.6. The Morgan fingerprint density at radius 2 is 2.08 bits per heavy atom. The van der Waals surface area contributed by atoms with Crippen molar-refractivity contribution in [2.45, 2.75) is 13.3 Å². The third-order valence-corrected chi connectivity index (χ3v) is 3.55. The van der Waals surface area contributed by atoms with Crippen molar-refractivity contribution < 1.29 is 9.18 Å². The molecule has 2 aromatic heterocycles. The molecule has 3 aromatic rings. The third kappa shape index (κ3) is 3.84. The highest BCUT2D eigenvalue weighted by molar-refractivity contribution is 5.94. The molecule has 0 saturated heterocycles. The number of hydrogen-bond donors (Lipinski definition) is 2. The first-order valence-corrected chi connectivity index (χ1v) is 7.62. The fourth-order valence-corrected chi connectivity index (χ4v) is 2.34. The average Bonchev–Trinajstić information content (AvgIpc) is 3.00. The summed E-state index contributed by atoms with van der Waals surface area (Å²) in [6, 6.07) is 9.58. The number of carbonyl (C=O) groups excluding carboxylic acids is 1. The number of rotatable bonds is 5. The summed E-state index contributed by atoms with van der Waals surface area (Å²) in [7, 11) is 0. The molecule has 1 amide bonds. The average molecular weight is 324 g/mol. The van der Waals surface area contributed by atoms with Gasteiger partial charge in [-0.05, 0) is 31.2 Å². The molecule has 2 N–H and O–H groups in total. The standard InChI is InChI=1S/C18H17FN4O/c1-12-10-22-17(23-12)7-8-20-18(24)14-5-6-16(21-11-14)13-3-2-4-15(19)9-13/h2-6,9-11H,7-8H2,1H3,(H,20,24)(H,22,23). The van der Waals surface area contributed by atoms with Crippen LogP contribution in [0.2, 0.25) is 0 Å². The number of aryl methyl sites for hydroxylation is 1. The summed E-state index contributed by atoms with van der Waals surface area (Å²) in [6.45, 7) is 2.42. The topological polar surface area (TPSA) is 70.7 Å². The smallest absolute Gasteiger partial charge is 0.252 e. The zero-order chi connectivity index (χ0) is 16.9. The van der Waals surface area contributed by atoms with Gasteiger partial charge in [0, 0.05) is 36.6 Å². The second-order valence-electron chi connectivity index (χ2n) is 5.46. The molecule has 24 heavy (non-hydrogen) atoms. The van der Waals surface area contributed by atoms with Crippen LogP contribution in [-0.2, 0) is 6.42 Å². The van der Waals surface area contributed by atoms with E-state index in [9.17, 15) is 9.18 Å². The van der Waals surface area contributed by atoms with Gasteiger partial charge < -0.3 is 10.3 Å². The summed E-state index contributed by atoms with van der Waals surface area (Å²) >= 11 is 0. The van der Waals surface area contributed by atoms with Gasteiger partial charge in [-0.15, -0.1) is 0 Å². The van der Waals surface area contributed by atoms with Gasteiger partial charge in [0.15, 0.2) is 0 Å². The van der Waals surface area contributed by atoms with Crippen molar-refractivity contribution in [3.8, 4) is 11.3 Å². The molecule has 5 nitrogen and oxygen atoms in total. The van der Waals surface area contributed by atoms with Gasteiger partial charge in [0.1, 0.15) is 11.6 Å². The van der Waals surface area contributed by atoms with Crippen molar-refractivity contribution in [1.29, 1.82) is 0 Å². The van der Waals surface area contributed by atoms with Crippen LogP contribution in [-0.4, -0.2) is 27.4 Å². The molecular weight excluding hydrogens is 307 g/mol. The SMILES string of the molecule is Cc1cnc(CCNC(=O)c2ccc(-c3cccc(F)c3)nc2)[nH]1. The summed E-state index contributed by atoms with van der Waals surface area (Å²) in [5.41, 5.74) is 2.76. The molecule has 0 spiro atoms. The van der Waals surface area contributed by atoms with Crippen molar-refractivity contribution in [3.63, 3.8) is 0 Å². The number of imidazole rings is 1. The first kappa shape index (κ1) is 15.9. The first-order chi connectivity index (χ1) is 11.6. The molecular formula is C18H17FN4O. The van der Waals surface area contributed by atoms with Crippen molar-refractivity contribution in [3.05, 3.63) is 71.7 Å². The molecule has 0 saturated carbocycles. The van der Waals surface area contributed by atoms with Gasteiger partial charge in [-0.2, -0.15) is 0 Å². The summed E-state index contributed by atoms with van der Waals surface area (Å²) in [5.74, 6) is 0.327. The van der Waals surface area contributed by atoms with E-state index in [2.05, 4.69) is 20.3 Å². The fourth-order valence-electron chi connectivity index (χ4n) is 2.34. The predicted molar refractivity (Wildman–Crippen MR) is 89.0 cm³/mol. The molecule has 0 fully saturated rings. The number of carbonyl (C=O) groups is 1. The molecule has 2 heterocycles. The lowest BCUT2D eigenvalue weighted by Crippen LogP contribution is -2.26. The lowest BCUT2D eigenvalue weighted by molar-refractivity contribution is 0.0953. The van der Waals surface area contributed by atoms with Gasteiger partial charge in [0.25, 0.3) is 5.91 Å².